The molecule has 7 nitrogen and oxygen atoms in total. The van der Waals surface area contributed by atoms with E-state index in [9.17, 15) is 18.8 Å². The molecule has 0 aromatic heterocycles. The van der Waals surface area contributed by atoms with Crippen molar-refractivity contribution in [1.82, 2.24) is 10.2 Å². The van der Waals surface area contributed by atoms with Gasteiger partial charge in [0.15, 0.2) is 0 Å². The third kappa shape index (κ3) is 3.58. The molecule has 2 aromatic rings. The minimum absolute atomic E-state index is 0.0872. The molecule has 3 amide bonds. The number of rotatable bonds is 4. The molecule has 0 spiro atoms. The average Bonchev–Trinajstić information content (AvgIpc) is 3.08. The zero-order valence-corrected chi connectivity index (χ0v) is 15.8. The maximum atomic E-state index is 14.2. The number of hydrogen-bond donors (Lipinski definition) is 2. The second kappa shape index (κ2) is 7.63. The van der Waals surface area contributed by atoms with Gasteiger partial charge in [-0.05, 0) is 30.2 Å². The summed E-state index contributed by atoms with van der Waals surface area (Å²) < 4.78 is 19.0. The molecule has 2 aliphatic rings. The Morgan fingerprint density at radius 1 is 1.24 bits per heavy atom. The fraction of sp³-hybridized carbons (Fsp3) is 0.286. The Hall–Kier alpha value is -3.26. The van der Waals surface area contributed by atoms with Crippen molar-refractivity contribution in [2.24, 2.45) is 0 Å². The van der Waals surface area contributed by atoms with Gasteiger partial charge < -0.3 is 20.3 Å². The van der Waals surface area contributed by atoms with E-state index in [2.05, 4.69) is 10.6 Å². The Kier molecular flexibility index (Phi) is 5.02. The molecular weight excluding hydrogens is 377 g/mol. The van der Waals surface area contributed by atoms with Crippen molar-refractivity contribution in [3.8, 4) is 11.1 Å². The van der Waals surface area contributed by atoms with Crippen molar-refractivity contribution < 1.29 is 23.5 Å². The second-order valence-corrected chi connectivity index (χ2v) is 7.14. The summed E-state index contributed by atoms with van der Waals surface area (Å²) in [7, 11) is 1.42. The highest BCUT2D eigenvalue weighted by molar-refractivity contribution is 6.10. The predicted octanol–water partition coefficient (Wildman–Crippen LogP) is 1.79. The van der Waals surface area contributed by atoms with E-state index in [0.29, 0.717) is 28.8 Å². The zero-order valence-electron chi connectivity index (χ0n) is 15.8. The summed E-state index contributed by atoms with van der Waals surface area (Å²) in [6.07, 6.45) is 0.321. The fourth-order valence-corrected chi connectivity index (χ4v) is 3.88. The maximum Gasteiger partial charge on any atom is 0.256 e. The molecule has 0 radical (unpaired) electrons. The Morgan fingerprint density at radius 3 is 2.79 bits per heavy atom. The number of ether oxygens (including phenoxy) is 1. The fourth-order valence-electron chi connectivity index (χ4n) is 3.88. The number of anilines is 1. The Bertz CT molecular complexity index is 994. The molecule has 0 aliphatic carbocycles. The molecule has 29 heavy (non-hydrogen) atoms. The van der Waals surface area contributed by atoms with Crippen molar-refractivity contribution >= 4 is 23.4 Å². The molecule has 2 atom stereocenters. The molecule has 1 saturated heterocycles. The van der Waals surface area contributed by atoms with Crippen LogP contribution in [0, 0.1) is 5.82 Å². The average molecular weight is 397 g/mol. The van der Waals surface area contributed by atoms with Crippen LogP contribution in [0.3, 0.4) is 0 Å². The summed E-state index contributed by atoms with van der Waals surface area (Å²) in [5, 5.41) is 5.56. The first-order valence-electron chi connectivity index (χ1n) is 9.27. The minimum Gasteiger partial charge on any atom is -0.375 e. The predicted molar refractivity (Wildman–Crippen MR) is 104 cm³/mol. The lowest BCUT2D eigenvalue weighted by Gasteiger charge is -2.20. The lowest BCUT2D eigenvalue weighted by Crippen LogP contribution is -2.41. The third-order valence-electron chi connectivity index (χ3n) is 5.20. The van der Waals surface area contributed by atoms with Gasteiger partial charge in [-0.3, -0.25) is 14.4 Å². The monoisotopic (exact) mass is 397 g/mol. The van der Waals surface area contributed by atoms with Gasteiger partial charge in [0.2, 0.25) is 11.8 Å². The van der Waals surface area contributed by atoms with Crippen LogP contribution in [-0.4, -0.2) is 55.0 Å². The molecule has 2 N–H and O–H groups in total. The van der Waals surface area contributed by atoms with Crippen LogP contribution in [0.1, 0.15) is 16.8 Å². The molecule has 1 fully saturated rings. The maximum absolute atomic E-state index is 14.2. The lowest BCUT2D eigenvalue weighted by molar-refractivity contribution is -0.125. The van der Waals surface area contributed by atoms with E-state index < -0.39 is 11.9 Å². The number of methoxy groups -OCH3 is 1. The van der Waals surface area contributed by atoms with E-state index in [1.54, 1.807) is 36.4 Å². The number of nitrogens with one attached hydrogen (secondary N) is 2. The number of halogens is 1. The van der Waals surface area contributed by atoms with Gasteiger partial charge in [-0.15, -0.1) is 0 Å². The number of hydrogen-bond acceptors (Lipinski definition) is 4. The van der Waals surface area contributed by atoms with Crippen molar-refractivity contribution in [2.45, 2.75) is 18.5 Å². The molecule has 150 valence electrons. The van der Waals surface area contributed by atoms with E-state index in [-0.39, 0.29) is 36.9 Å². The Labute approximate surface area is 166 Å². The number of amides is 3. The van der Waals surface area contributed by atoms with Crippen LogP contribution >= 0.6 is 0 Å². The molecule has 4 rings (SSSR count). The van der Waals surface area contributed by atoms with Gasteiger partial charge in [-0.1, -0.05) is 24.3 Å². The normalized spacial score (nSPS) is 20.6. The van der Waals surface area contributed by atoms with Crippen LogP contribution in [0.5, 0.6) is 0 Å². The first-order chi connectivity index (χ1) is 14.0. The highest BCUT2D eigenvalue weighted by atomic mass is 19.1. The SMILES string of the molecule is COCC(=O)N[C@H]1C[C@H]2C(=O)Nc3ccc(-c4ccccc4F)cc3C(=O)N2C1. The van der Waals surface area contributed by atoms with Gasteiger partial charge in [0, 0.05) is 25.3 Å². The molecule has 0 bridgehead atoms. The molecule has 0 unspecified atom stereocenters. The number of benzene rings is 2. The van der Waals surface area contributed by atoms with Gasteiger partial charge in [0.1, 0.15) is 18.5 Å². The van der Waals surface area contributed by atoms with E-state index >= 15 is 0 Å². The number of fused-ring (bicyclic) bond motifs is 2. The highest BCUT2D eigenvalue weighted by Crippen LogP contribution is 2.32. The summed E-state index contributed by atoms with van der Waals surface area (Å²) in [4.78, 5) is 39.1. The smallest absolute Gasteiger partial charge is 0.256 e. The van der Waals surface area contributed by atoms with Crippen molar-refractivity contribution in [1.29, 1.82) is 0 Å². The number of carbonyl (C=O) groups is 3. The van der Waals surface area contributed by atoms with Crippen LogP contribution < -0.4 is 10.6 Å². The van der Waals surface area contributed by atoms with Crippen LogP contribution in [0.2, 0.25) is 0 Å². The van der Waals surface area contributed by atoms with Gasteiger partial charge in [-0.2, -0.15) is 0 Å². The van der Waals surface area contributed by atoms with E-state index in [1.807, 2.05) is 0 Å². The topological polar surface area (TPSA) is 87.7 Å². The van der Waals surface area contributed by atoms with Crippen LogP contribution in [0.4, 0.5) is 10.1 Å². The lowest BCUT2D eigenvalue weighted by atomic mass is 10.0. The molecule has 8 heteroatoms. The molecular formula is C21H20FN3O4. The van der Waals surface area contributed by atoms with Crippen molar-refractivity contribution in [3.63, 3.8) is 0 Å². The molecule has 2 heterocycles. The largest absolute Gasteiger partial charge is 0.375 e. The summed E-state index contributed by atoms with van der Waals surface area (Å²) >= 11 is 0. The Balaban J connectivity index is 1.64. The van der Waals surface area contributed by atoms with E-state index in [4.69, 9.17) is 4.74 Å². The zero-order chi connectivity index (χ0) is 20.5. The quantitative estimate of drug-likeness (QED) is 0.824. The van der Waals surface area contributed by atoms with Crippen LogP contribution in [-0.2, 0) is 14.3 Å². The third-order valence-corrected chi connectivity index (χ3v) is 5.20. The highest BCUT2D eigenvalue weighted by Gasteiger charge is 2.43. The summed E-state index contributed by atoms with van der Waals surface area (Å²) in [5.74, 6) is -1.33. The molecule has 2 aromatic carbocycles. The summed E-state index contributed by atoms with van der Waals surface area (Å²) in [6, 6.07) is 10.2. The van der Waals surface area contributed by atoms with E-state index in [1.165, 1.54) is 18.1 Å². The van der Waals surface area contributed by atoms with Crippen molar-refractivity contribution in [3.05, 3.63) is 53.8 Å². The minimum atomic E-state index is -0.681. The van der Waals surface area contributed by atoms with Crippen LogP contribution in [0.15, 0.2) is 42.5 Å². The molecule has 2 aliphatic heterocycles. The molecule has 0 saturated carbocycles. The first kappa shape index (κ1) is 19.1. The summed E-state index contributed by atoms with van der Waals surface area (Å²) in [6.45, 7) is 0.131. The van der Waals surface area contributed by atoms with Gasteiger partial charge in [-0.25, -0.2) is 4.39 Å². The summed E-state index contributed by atoms with van der Waals surface area (Å²) in [5.41, 5.74) is 1.62. The standard InChI is InChI=1S/C21H20FN3O4/c1-29-11-19(26)23-13-9-18-20(27)24-17-7-6-12(14-4-2-3-5-16(14)22)8-15(17)21(28)25(18)10-13/h2-8,13,18H,9-11H2,1H3,(H,23,26)(H,24,27)/t13-,18-/m0/s1. The Morgan fingerprint density at radius 2 is 2.03 bits per heavy atom. The van der Waals surface area contributed by atoms with Gasteiger partial charge >= 0.3 is 0 Å². The second-order valence-electron chi connectivity index (χ2n) is 7.14. The van der Waals surface area contributed by atoms with E-state index in [0.717, 1.165) is 0 Å². The number of carbonyl (C=O) groups excluding carboxylic acids is 3. The number of nitrogens with zero attached hydrogens (tertiary/aromatic N) is 1. The first-order valence-corrected chi connectivity index (χ1v) is 9.27. The van der Waals surface area contributed by atoms with Crippen molar-refractivity contribution in [2.75, 3.05) is 25.6 Å². The van der Waals surface area contributed by atoms with Gasteiger partial charge in [0.05, 0.1) is 11.3 Å². The van der Waals surface area contributed by atoms with Gasteiger partial charge in [0.25, 0.3) is 5.91 Å². The van der Waals surface area contributed by atoms with Crippen LogP contribution in [0.25, 0.3) is 11.1 Å².